The van der Waals surface area contributed by atoms with Gasteiger partial charge in [0.05, 0.1) is 6.61 Å². The number of hydrogen-bond donors (Lipinski definition) is 1. The highest BCUT2D eigenvalue weighted by molar-refractivity contribution is 5.26. The van der Waals surface area contributed by atoms with Crippen molar-refractivity contribution in [3.63, 3.8) is 0 Å². The first kappa shape index (κ1) is 15.7. The van der Waals surface area contributed by atoms with Crippen molar-refractivity contribution in [2.75, 3.05) is 13.2 Å². The normalized spacial score (nSPS) is 10.7. The Bertz CT molecular complexity index is 388. The number of ether oxygens (including phenoxy) is 1. The van der Waals surface area contributed by atoms with E-state index in [1.165, 1.54) is 5.56 Å². The van der Waals surface area contributed by atoms with Crippen LogP contribution in [0.3, 0.4) is 0 Å². The van der Waals surface area contributed by atoms with Gasteiger partial charge in [-0.1, -0.05) is 26.8 Å². The van der Waals surface area contributed by atoms with Crippen molar-refractivity contribution in [3.05, 3.63) is 36.0 Å². The van der Waals surface area contributed by atoms with E-state index in [1.807, 2.05) is 12.1 Å². The lowest BCUT2D eigenvalue weighted by molar-refractivity contribution is 0.298. The molecule has 0 unspecified atom stereocenters. The fourth-order valence-electron chi connectivity index (χ4n) is 1.73. The summed E-state index contributed by atoms with van der Waals surface area (Å²) >= 11 is 0. The zero-order valence-corrected chi connectivity index (χ0v) is 12.4. The molecule has 1 aromatic rings. The van der Waals surface area contributed by atoms with Gasteiger partial charge in [-0.05, 0) is 36.9 Å². The van der Waals surface area contributed by atoms with Crippen LogP contribution in [-0.4, -0.2) is 18.1 Å². The minimum Gasteiger partial charge on any atom is -0.478 e. The summed E-state index contributed by atoms with van der Waals surface area (Å²) in [6.07, 6.45) is 3.88. The molecular weight excluding hydrogens is 236 g/mol. The van der Waals surface area contributed by atoms with E-state index in [0.717, 1.165) is 37.5 Å². The van der Waals surface area contributed by atoms with Gasteiger partial charge in [0.2, 0.25) is 5.88 Å². The number of unbranched alkanes of at least 4 members (excludes halogenated alkanes) is 1. The number of allylic oxidation sites excluding steroid dienone is 1. The quantitative estimate of drug-likeness (QED) is 0.545. The van der Waals surface area contributed by atoms with E-state index < -0.39 is 0 Å². The highest BCUT2D eigenvalue weighted by atomic mass is 16.5. The summed E-state index contributed by atoms with van der Waals surface area (Å²) in [6.45, 7) is 12.7. The van der Waals surface area contributed by atoms with Crippen LogP contribution in [0.1, 0.15) is 50.8 Å². The molecule has 3 heteroatoms. The molecule has 0 amide bonds. The van der Waals surface area contributed by atoms with Gasteiger partial charge in [0.15, 0.2) is 0 Å². The Balaban J connectivity index is 2.71. The first-order valence-electron chi connectivity index (χ1n) is 7.12. The van der Waals surface area contributed by atoms with E-state index in [-0.39, 0.29) is 0 Å². The maximum Gasteiger partial charge on any atom is 0.213 e. The van der Waals surface area contributed by atoms with Crippen molar-refractivity contribution in [2.24, 2.45) is 0 Å². The Labute approximate surface area is 117 Å². The van der Waals surface area contributed by atoms with Crippen molar-refractivity contribution < 1.29 is 4.74 Å². The predicted molar refractivity (Wildman–Crippen MR) is 80.6 cm³/mol. The minimum atomic E-state index is 0.414. The summed E-state index contributed by atoms with van der Waals surface area (Å²) in [5.74, 6) is 1.15. The van der Waals surface area contributed by atoms with E-state index in [2.05, 4.69) is 43.7 Å². The second-order valence-corrected chi connectivity index (χ2v) is 4.95. The number of pyridine rings is 1. The minimum absolute atomic E-state index is 0.414. The van der Waals surface area contributed by atoms with Gasteiger partial charge in [-0.15, -0.1) is 6.58 Å². The van der Waals surface area contributed by atoms with Crippen molar-refractivity contribution in [1.82, 2.24) is 10.3 Å². The van der Waals surface area contributed by atoms with E-state index in [4.69, 9.17) is 4.74 Å². The summed E-state index contributed by atoms with van der Waals surface area (Å²) in [7, 11) is 0. The lowest BCUT2D eigenvalue weighted by Crippen LogP contribution is -2.13. The third-order valence-corrected chi connectivity index (χ3v) is 2.85. The van der Waals surface area contributed by atoms with E-state index in [0.29, 0.717) is 12.5 Å². The molecule has 1 rings (SSSR count). The Morgan fingerprint density at radius 3 is 2.84 bits per heavy atom. The van der Waals surface area contributed by atoms with Gasteiger partial charge < -0.3 is 10.1 Å². The highest BCUT2D eigenvalue weighted by Crippen LogP contribution is 2.19. The molecule has 1 aromatic heterocycles. The van der Waals surface area contributed by atoms with Crippen molar-refractivity contribution >= 4 is 0 Å². The molecule has 0 spiro atoms. The Morgan fingerprint density at radius 1 is 1.42 bits per heavy atom. The van der Waals surface area contributed by atoms with Gasteiger partial charge in [-0.2, -0.15) is 0 Å². The average Bonchev–Trinajstić information content (AvgIpc) is 2.41. The second kappa shape index (κ2) is 8.70. The van der Waals surface area contributed by atoms with Crippen molar-refractivity contribution in [1.29, 1.82) is 0 Å². The molecular formula is C16H26N2O. The molecule has 0 saturated heterocycles. The maximum absolute atomic E-state index is 5.73. The van der Waals surface area contributed by atoms with Crippen LogP contribution in [0.4, 0.5) is 0 Å². The van der Waals surface area contributed by atoms with Crippen LogP contribution >= 0.6 is 0 Å². The lowest BCUT2D eigenvalue weighted by Gasteiger charge is -2.12. The van der Waals surface area contributed by atoms with Crippen LogP contribution < -0.4 is 10.1 Å². The SMILES string of the molecule is C=CCCCOc1cc(CNCC)cc(C(C)C)n1. The summed E-state index contributed by atoms with van der Waals surface area (Å²) in [4.78, 5) is 4.56. The maximum atomic E-state index is 5.73. The molecule has 0 aliphatic heterocycles. The largest absolute Gasteiger partial charge is 0.478 e. The number of nitrogens with zero attached hydrogens (tertiary/aromatic N) is 1. The summed E-state index contributed by atoms with van der Waals surface area (Å²) in [5.41, 5.74) is 2.33. The zero-order valence-electron chi connectivity index (χ0n) is 12.4. The number of hydrogen-bond acceptors (Lipinski definition) is 3. The summed E-state index contributed by atoms with van der Waals surface area (Å²) < 4.78 is 5.73. The summed E-state index contributed by atoms with van der Waals surface area (Å²) in [6, 6.07) is 4.19. The molecule has 1 heterocycles. The van der Waals surface area contributed by atoms with E-state index in [1.54, 1.807) is 0 Å². The molecule has 0 fully saturated rings. The average molecular weight is 262 g/mol. The molecule has 0 bridgehead atoms. The number of rotatable bonds is 9. The van der Waals surface area contributed by atoms with Crippen LogP contribution in [0.25, 0.3) is 0 Å². The summed E-state index contributed by atoms with van der Waals surface area (Å²) in [5, 5.41) is 3.34. The molecule has 0 radical (unpaired) electrons. The van der Waals surface area contributed by atoms with Crippen LogP contribution in [0.15, 0.2) is 24.8 Å². The molecule has 1 N–H and O–H groups in total. The molecule has 19 heavy (non-hydrogen) atoms. The fraction of sp³-hybridized carbons (Fsp3) is 0.562. The standard InChI is InChI=1S/C16H26N2O/c1-5-7-8-9-19-16-11-14(12-17-6-2)10-15(18-16)13(3)4/h5,10-11,13,17H,1,6-9,12H2,2-4H3. The van der Waals surface area contributed by atoms with Gasteiger partial charge in [0, 0.05) is 18.3 Å². The fourth-order valence-corrected chi connectivity index (χ4v) is 1.73. The molecule has 106 valence electrons. The topological polar surface area (TPSA) is 34.1 Å². The Morgan fingerprint density at radius 2 is 2.21 bits per heavy atom. The van der Waals surface area contributed by atoms with Crippen molar-refractivity contribution in [3.8, 4) is 5.88 Å². The third kappa shape index (κ3) is 5.88. The van der Waals surface area contributed by atoms with Crippen LogP contribution in [-0.2, 0) is 6.54 Å². The van der Waals surface area contributed by atoms with Crippen molar-refractivity contribution in [2.45, 2.75) is 46.1 Å². The van der Waals surface area contributed by atoms with Gasteiger partial charge >= 0.3 is 0 Å². The van der Waals surface area contributed by atoms with Gasteiger partial charge in [0.1, 0.15) is 0 Å². The van der Waals surface area contributed by atoms with Gasteiger partial charge in [-0.25, -0.2) is 4.98 Å². The Hall–Kier alpha value is -1.35. The molecule has 0 atom stereocenters. The lowest BCUT2D eigenvalue weighted by atomic mass is 10.1. The second-order valence-electron chi connectivity index (χ2n) is 4.95. The molecule has 0 saturated carbocycles. The Kier molecular flexibility index (Phi) is 7.19. The molecule has 0 aromatic carbocycles. The molecule has 3 nitrogen and oxygen atoms in total. The molecule has 0 aliphatic carbocycles. The smallest absolute Gasteiger partial charge is 0.213 e. The highest BCUT2D eigenvalue weighted by Gasteiger charge is 2.07. The zero-order chi connectivity index (χ0) is 14.1. The first-order valence-corrected chi connectivity index (χ1v) is 7.12. The molecule has 0 aliphatic rings. The monoisotopic (exact) mass is 262 g/mol. The van der Waals surface area contributed by atoms with Gasteiger partial charge in [-0.3, -0.25) is 0 Å². The number of nitrogens with one attached hydrogen (secondary N) is 1. The van der Waals surface area contributed by atoms with Crippen LogP contribution in [0, 0.1) is 0 Å². The third-order valence-electron chi connectivity index (χ3n) is 2.85. The predicted octanol–water partition coefficient (Wildman–Crippen LogP) is 3.66. The first-order chi connectivity index (χ1) is 9.17. The van der Waals surface area contributed by atoms with Crippen LogP contribution in [0.2, 0.25) is 0 Å². The van der Waals surface area contributed by atoms with E-state index >= 15 is 0 Å². The van der Waals surface area contributed by atoms with Gasteiger partial charge in [0.25, 0.3) is 0 Å². The number of aromatic nitrogens is 1. The van der Waals surface area contributed by atoms with Crippen LogP contribution in [0.5, 0.6) is 5.88 Å². The van der Waals surface area contributed by atoms with E-state index in [9.17, 15) is 0 Å².